The summed E-state index contributed by atoms with van der Waals surface area (Å²) in [7, 11) is 0. The molecule has 1 aromatic rings. The molecule has 0 aliphatic rings. The van der Waals surface area contributed by atoms with Gasteiger partial charge in [-0.3, -0.25) is 0 Å². The Hall–Kier alpha value is -1.61. The molecule has 1 atom stereocenters. The first-order valence-corrected chi connectivity index (χ1v) is 5.73. The fraction of sp³-hybridized carbons (Fsp3) is 0.357. The van der Waals surface area contributed by atoms with Gasteiger partial charge in [0.15, 0.2) is 0 Å². The number of benzene rings is 1. The number of carbonyl (C=O) groups is 1. The van der Waals surface area contributed by atoms with Crippen molar-refractivity contribution in [1.29, 1.82) is 0 Å². The molecule has 0 amide bonds. The quantitative estimate of drug-likeness (QED) is 0.770. The lowest BCUT2D eigenvalue weighted by Crippen LogP contribution is -1.97. The van der Waals surface area contributed by atoms with Gasteiger partial charge in [0, 0.05) is 6.08 Å². The smallest absolute Gasteiger partial charge is 0.328 e. The first-order chi connectivity index (χ1) is 8.08. The molecular weight excluding hydrogens is 216 g/mol. The second kappa shape index (κ2) is 6.21. The maximum absolute atomic E-state index is 10.6. The fourth-order valence-electron chi connectivity index (χ4n) is 1.63. The monoisotopic (exact) mass is 234 g/mol. The zero-order valence-electron chi connectivity index (χ0n) is 10.2. The summed E-state index contributed by atoms with van der Waals surface area (Å²) in [5, 5.41) is 17.8. The molecule has 0 saturated carbocycles. The summed E-state index contributed by atoms with van der Waals surface area (Å²) in [5.74, 6) is -0.551. The molecule has 0 aliphatic heterocycles. The molecular formula is C14H18O3. The molecule has 3 nitrogen and oxygen atoms in total. The molecule has 0 aliphatic carbocycles. The Morgan fingerprint density at radius 1 is 1.35 bits per heavy atom. The van der Waals surface area contributed by atoms with Crippen LogP contribution in [0.2, 0.25) is 0 Å². The van der Waals surface area contributed by atoms with Crippen LogP contribution in [0.5, 0.6) is 0 Å². The topological polar surface area (TPSA) is 57.5 Å². The third-order valence-electron chi connectivity index (χ3n) is 2.93. The molecule has 2 N–H and O–H groups in total. The van der Waals surface area contributed by atoms with Gasteiger partial charge in [0.05, 0.1) is 6.61 Å². The lowest BCUT2D eigenvalue weighted by molar-refractivity contribution is -0.131. The van der Waals surface area contributed by atoms with E-state index < -0.39 is 5.97 Å². The summed E-state index contributed by atoms with van der Waals surface area (Å²) >= 11 is 0. The minimum absolute atomic E-state index is 0.269. The molecule has 17 heavy (non-hydrogen) atoms. The van der Waals surface area contributed by atoms with Gasteiger partial charge in [-0.15, -0.1) is 0 Å². The van der Waals surface area contributed by atoms with Crippen LogP contribution in [-0.2, 0) is 4.79 Å². The molecule has 1 unspecified atom stereocenters. The Morgan fingerprint density at radius 3 is 2.35 bits per heavy atom. The fourth-order valence-corrected chi connectivity index (χ4v) is 1.63. The number of aliphatic hydroxyl groups excluding tert-OH is 1. The van der Waals surface area contributed by atoms with Crippen LogP contribution in [0.15, 0.2) is 30.3 Å². The number of aliphatic hydroxyl groups is 1. The van der Waals surface area contributed by atoms with E-state index in [1.54, 1.807) is 0 Å². The maximum Gasteiger partial charge on any atom is 0.328 e. The molecule has 0 fully saturated rings. The zero-order chi connectivity index (χ0) is 12.8. The van der Waals surface area contributed by atoms with Gasteiger partial charge in [-0.05, 0) is 29.0 Å². The Bertz CT molecular complexity index is 404. The van der Waals surface area contributed by atoms with E-state index in [1.165, 1.54) is 5.56 Å². The van der Waals surface area contributed by atoms with E-state index in [2.05, 4.69) is 13.8 Å². The molecule has 0 saturated heterocycles. The zero-order valence-corrected chi connectivity index (χ0v) is 10.2. The SMILES string of the molecule is CCC(C)c1ccc(/C(=C/C(=O)O)CO)cc1. The first kappa shape index (κ1) is 13.5. The summed E-state index contributed by atoms with van der Waals surface area (Å²) in [4.78, 5) is 10.6. The van der Waals surface area contributed by atoms with Gasteiger partial charge in [-0.2, -0.15) is 0 Å². The normalized spacial score (nSPS) is 13.5. The predicted octanol–water partition coefficient (Wildman–Crippen LogP) is 2.66. The van der Waals surface area contributed by atoms with Crippen LogP contribution in [0.4, 0.5) is 0 Å². The van der Waals surface area contributed by atoms with E-state index >= 15 is 0 Å². The molecule has 3 heteroatoms. The van der Waals surface area contributed by atoms with Gasteiger partial charge in [0.25, 0.3) is 0 Å². The number of aliphatic carboxylic acids is 1. The highest BCUT2D eigenvalue weighted by molar-refractivity contribution is 5.90. The van der Waals surface area contributed by atoms with E-state index in [1.807, 2.05) is 24.3 Å². The average Bonchev–Trinajstić information content (AvgIpc) is 2.35. The van der Waals surface area contributed by atoms with Crippen molar-refractivity contribution >= 4 is 11.5 Å². The Balaban J connectivity index is 2.97. The van der Waals surface area contributed by atoms with E-state index in [0.29, 0.717) is 11.5 Å². The molecule has 0 spiro atoms. The third kappa shape index (κ3) is 3.71. The van der Waals surface area contributed by atoms with Crippen LogP contribution in [0, 0.1) is 0 Å². The largest absolute Gasteiger partial charge is 0.478 e. The summed E-state index contributed by atoms with van der Waals surface area (Å²) < 4.78 is 0. The van der Waals surface area contributed by atoms with Crippen molar-refractivity contribution in [3.05, 3.63) is 41.5 Å². The van der Waals surface area contributed by atoms with Crippen LogP contribution in [-0.4, -0.2) is 22.8 Å². The number of hydrogen-bond acceptors (Lipinski definition) is 2. The number of rotatable bonds is 5. The molecule has 0 aromatic heterocycles. The lowest BCUT2D eigenvalue weighted by Gasteiger charge is -2.10. The van der Waals surface area contributed by atoms with Gasteiger partial charge in [0.2, 0.25) is 0 Å². The van der Waals surface area contributed by atoms with Crippen molar-refractivity contribution in [2.45, 2.75) is 26.2 Å². The second-order valence-electron chi connectivity index (χ2n) is 4.10. The summed E-state index contributed by atoms with van der Waals surface area (Å²) in [6.45, 7) is 4.01. The summed E-state index contributed by atoms with van der Waals surface area (Å²) in [6.07, 6.45) is 2.11. The maximum atomic E-state index is 10.6. The van der Waals surface area contributed by atoms with Crippen molar-refractivity contribution < 1.29 is 15.0 Å². The molecule has 1 aromatic carbocycles. The minimum Gasteiger partial charge on any atom is -0.478 e. The van der Waals surface area contributed by atoms with Gasteiger partial charge < -0.3 is 10.2 Å². The predicted molar refractivity (Wildman–Crippen MR) is 67.8 cm³/mol. The Labute approximate surface area is 101 Å². The van der Waals surface area contributed by atoms with Crippen LogP contribution < -0.4 is 0 Å². The average molecular weight is 234 g/mol. The highest BCUT2D eigenvalue weighted by Gasteiger charge is 2.05. The van der Waals surface area contributed by atoms with Crippen molar-refractivity contribution in [1.82, 2.24) is 0 Å². The van der Waals surface area contributed by atoms with E-state index in [4.69, 9.17) is 10.2 Å². The van der Waals surface area contributed by atoms with Crippen molar-refractivity contribution in [2.75, 3.05) is 6.61 Å². The van der Waals surface area contributed by atoms with Crippen LogP contribution in [0.3, 0.4) is 0 Å². The third-order valence-corrected chi connectivity index (χ3v) is 2.93. The van der Waals surface area contributed by atoms with Crippen molar-refractivity contribution in [3.63, 3.8) is 0 Å². The van der Waals surface area contributed by atoms with E-state index in [-0.39, 0.29) is 6.61 Å². The van der Waals surface area contributed by atoms with Gasteiger partial charge >= 0.3 is 5.97 Å². The van der Waals surface area contributed by atoms with Crippen molar-refractivity contribution in [3.8, 4) is 0 Å². The standard InChI is InChI=1S/C14H18O3/c1-3-10(2)11-4-6-12(7-5-11)13(9-15)8-14(16)17/h4-8,10,15H,3,9H2,1-2H3,(H,16,17)/b13-8+. The number of hydrogen-bond donors (Lipinski definition) is 2. The highest BCUT2D eigenvalue weighted by atomic mass is 16.4. The van der Waals surface area contributed by atoms with Crippen LogP contribution >= 0.6 is 0 Å². The van der Waals surface area contributed by atoms with E-state index in [0.717, 1.165) is 18.1 Å². The number of carboxylic acids is 1. The van der Waals surface area contributed by atoms with E-state index in [9.17, 15) is 4.79 Å². The van der Waals surface area contributed by atoms with Crippen LogP contribution in [0.1, 0.15) is 37.3 Å². The minimum atomic E-state index is -1.04. The van der Waals surface area contributed by atoms with Crippen LogP contribution in [0.25, 0.3) is 5.57 Å². The summed E-state index contributed by atoms with van der Waals surface area (Å²) in [5.41, 5.74) is 2.40. The number of carboxylic acid groups (broad SMARTS) is 1. The molecule has 0 bridgehead atoms. The van der Waals surface area contributed by atoms with Gasteiger partial charge in [-0.1, -0.05) is 38.1 Å². The lowest BCUT2D eigenvalue weighted by atomic mass is 9.96. The van der Waals surface area contributed by atoms with Gasteiger partial charge in [-0.25, -0.2) is 4.79 Å². The molecule has 92 valence electrons. The van der Waals surface area contributed by atoms with Crippen molar-refractivity contribution in [2.24, 2.45) is 0 Å². The molecule has 0 radical (unpaired) electrons. The first-order valence-electron chi connectivity index (χ1n) is 5.73. The molecule has 0 heterocycles. The highest BCUT2D eigenvalue weighted by Crippen LogP contribution is 2.21. The second-order valence-corrected chi connectivity index (χ2v) is 4.10. The Morgan fingerprint density at radius 2 is 1.94 bits per heavy atom. The summed E-state index contributed by atoms with van der Waals surface area (Å²) in [6, 6.07) is 7.67. The Kier molecular flexibility index (Phi) is 4.91. The van der Waals surface area contributed by atoms with Gasteiger partial charge in [0.1, 0.15) is 0 Å². The molecule has 1 rings (SSSR count).